The first-order valence-electron chi connectivity index (χ1n) is 8.11. The number of rotatable bonds is 6. The molecule has 6 heteroatoms. The lowest BCUT2D eigenvalue weighted by Crippen LogP contribution is -2.51. The van der Waals surface area contributed by atoms with Crippen molar-refractivity contribution < 1.29 is 14.3 Å². The van der Waals surface area contributed by atoms with Crippen LogP contribution in [0.2, 0.25) is 0 Å². The van der Waals surface area contributed by atoms with Gasteiger partial charge in [0.25, 0.3) is 0 Å². The van der Waals surface area contributed by atoms with E-state index in [1.54, 1.807) is 7.11 Å². The number of anilines is 1. The molecule has 1 aliphatic heterocycles. The van der Waals surface area contributed by atoms with Gasteiger partial charge in [0.05, 0.1) is 20.3 Å². The fourth-order valence-electron chi connectivity index (χ4n) is 2.74. The maximum atomic E-state index is 12.1. The van der Waals surface area contributed by atoms with E-state index in [0.29, 0.717) is 18.5 Å². The highest BCUT2D eigenvalue weighted by molar-refractivity contribution is 5.89. The monoisotopic (exact) mass is 321 g/mol. The first kappa shape index (κ1) is 17.6. The number of urea groups is 1. The average molecular weight is 321 g/mol. The summed E-state index contributed by atoms with van der Waals surface area (Å²) >= 11 is 0. The molecule has 1 fully saturated rings. The van der Waals surface area contributed by atoms with Crippen molar-refractivity contribution in [1.29, 1.82) is 0 Å². The molecule has 23 heavy (non-hydrogen) atoms. The van der Waals surface area contributed by atoms with Gasteiger partial charge in [-0.3, -0.25) is 4.90 Å². The summed E-state index contributed by atoms with van der Waals surface area (Å²) in [5.74, 6) is 1.23. The van der Waals surface area contributed by atoms with E-state index >= 15 is 0 Å². The molecule has 2 rings (SSSR count). The Kier molecular flexibility index (Phi) is 6.67. The highest BCUT2D eigenvalue weighted by atomic mass is 16.5. The number of carbonyl (C=O) groups excluding carboxylic acids is 1. The Labute approximate surface area is 138 Å². The largest absolute Gasteiger partial charge is 0.497 e. The third kappa shape index (κ3) is 5.41. The maximum absolute atomic E-state index is 12.1. The van der Waals surface area contributed by atoms with Crippen LogP contribution in [0.25, 0.3) is 0 Å². The Morgan fingerprint density at radius 3 is 2.48 bits per heavy atom. The highest BCUT2D eigenvalue weighted by Crippen LogP contribution is 2.15. The second kappa shape index (κ2) is 8.74. The van der Waals surface area contributed by atoms with E-state index in [2.05, 4.69) is 29.4 Å². The van der Waals surface area contributed by atoms with Crippen molar-refractivity contribution in [1.82, 2.24) is 10.2 Å². The number of amides is 2. The number of ether oxygens (including phenoxy) is 2. The zero-order valence-corrected chi connectivity index (χ0v) is 14.2. The minimum Gasteiger partial charge on any atom is -0.497 e. The van der Waals surface area contributed by atoms with Crippen LogP contribution in [0.15, 0.2) is 24.3 Å². The molecule has 1 aromatic rings. The van der Waals surface area contributed by atoms with Gasteiger partial charge in [0.1, 0.15) is 5.75 Å². The molecule has 1 atom stereocenters. The van der Waals surface area contributed by atoms with Gasteiger partial charge >= 0.3 is 6.03 Å². The molecule has 6 nitrogen and oxygen atoms in total. The summed E-state index contributed by atoms with van der Waals surface area (Å²) < 4.78 is 10.5. The highest BCUT2D eigenvalue weighted by Gasteiger charge is 2.24. The second-order valence-electron chi connectivity index (χ2n) is 6.02. The molecule has 1 aromatic carbocycles. The molecule has 1 heterocycles. The van der Waals surface area contributed by atoms with Crippen LogP contribution in [0.5, 0.6) is 5.75 Å². The molecular formula is C17H27N3O3. The summed E-state index contributed by atoms with van der Waals surface area (Å²) in [6.45, 7) is 8.36. The van der Waals surface area contributed by atoms with Crippen LogP contribution in [0, 0.1) is 5.92 Å². The van der Waals surface area contributed by atoms with Crippen LogP contribution < -0.4 is 15.4 Å². The zero-order chi connectivity index (χ0) is 16.7. The molecular weight excluding hydrogens is 294 g/mol. The molecule has 128 valence electrons. The number of hydrogen-bond donors (Lipinski definition) is 2. The van der Waals surface area contributed by atoms with Gasteiger partial charge in [0, 0.05) is 31.4 Å². The number of hydrogen-bond acceptors (Lipinski definition) is 4. The predicted octanol–water partition coefficient (Wildman–Crippen LogP) is 2.17. The molecule has 2 N–H and O–H groups in total. The Morgan fingerprint density at radius 2 is 1.91 bits per heavy atom. The molecule has 2 amide bonds. The molecule has 0 unspecified atom stereocenters. The van der Waals surface area contributed by atoms with Crippen molar-refractivity contribution in [2.24, 2.45) is 5.92 Å². The quantitative estimate of drug-likeness (QED) is 0.843. The van der Waals surface area contributed by atoms with E-state index in [1.165, 1.54) is 0 Å². The van der Waals surface area contributed by atoms with Gasteiger partial charge in [-0.1, -0.05) is 13.8 Å². The molecule has 0 spiro atoms. The Balaban J connectivity index is 1.83. The summed E-state index contributed by atoms with van der Waals surface area (Å²) in [7, 11) is 1.62. The van der Waals surface area contributed by atoms with Gasteiger partial charge in [-0.15, -0.1) is 0 Å². The molecule has 1 saturated heterocycles. The smallest absolute Gasteiger partial charge is 0.319 e. The van der Waals surface area contributed by atoms with Crippen molar-refractivity contribution in [3.05, 3.63) is 24.3 Å². The number of methoxy groups -OCH3 is 1. The van der Waals surface area contributed by atoms with Crippen LogP contribution in [-0.4, -0.2) is 56.9 Å². The van der Waals surface area contributed by atoms with Crippen LogP contribution in [0.1, 0.15) is 13.8 Å². The van der Waals surface area contributed by atoms with Crippen molar-refractivity contribution in [3.63, 3.8) is 0 Å². The summed E-state index contributed by atoms with van der Waals surface area (Å²) in [5.41, 5.74) is 0.746. The van der Waals surface area contributed by atoms with Crippen molar-refractivity contribution >= 4 is 11.7 Å². The number of morpholine rings is 1. The lowest BCUT2D eigenvalue weighted by molar-refractivity contribution is 0.00728. The Morgan fingerprint density at radius 1 is 1.26 bits per heavy atom. The van der Waals surface area contributed by atoms with E-state index < -0.39 is 0 Å². The third-order valence-electron chi connectivity index (χ3n) is 4.10. The first-order chi connectivity index (χ1) is 11.1. The van der Waals surface area contributed by atoms with Gasteiger partial charge in [-0.05, 0) is 30.2 Å². The third-order valence-corrected chi connectivity index (χ3v) is 4.10. The second-order valence-corrected chi connectivity index (χ2v) is 6.02. The molecule has 0 radical (unpaired) electrons. The minimum absolute atomic E-state index is 0.186. The Bertz CT molecular complexity index is 484. The molecule has 0 aromatic heterocycles. The van der Waals surface area contributed by atoms with Gasteiger partial charge < -0.3 is 20.1 Å². The SMILES string of the molecule is COc1ccc(NC(=O)NC[C@H](C(C)C)N2CCOCC2)cc1. The predicted molar refractivity (Wildman–Crippen MR) is 91.0 cm³/mol. The van der Waals surface area contributed by atoms with Gasteiger partial charge in [-0.25, -0.2) is 4.79 Å². The van der Waals surface area contributed by atoms with Gasteiger partial charge in [0.15, 0.2) is 0 Å². The van der Waals surface area contributed by atoms with E-state index in [1.807, 2.05) is 24.3 Å². The van der Waals surface area contributed by atoms with E-state index in [0.717, 1.165) is 37.7 Å². The van der Waals surface area contributed by atoms with Crippen LogP contribution >= 0.6 is 0 Å². The number of carbonyl (C=O) groups is 1. The minimum atomic E-state index is -0.186. The first-order valence-corrected chi connectivity index (χ1v) is 8.11. The number of nitrogens with zero attached hydrogens (tertiary/aromatic N) is 1. The van der Waals surface area contributed by atoms with E-state index in [4.69, 9.17) is 9.47 Å². The topological polar surface area (TPSA) is 62.8 Å². The summed E-state index contributed by atoms with van der Waals surface area (Å²) in [4.78, 5) is 14.5. The fourth-order valence-corrected chi connectivity index (χ4v) is 2.74. The molecule has 0 bridgehead atoms. The molecule has 1 aliphatic rings. The summed E-state index contributed by atoms with van der Waals surface area (Å²) in [6.07, 6.45) is 0. The zero-order valence-electron chi connectivity index (χ0n) is 14.2. The van der Waals surface area contributed by atoms with Crippen molar-refractivity contribution in [2.75, 3.05) is 45.3 Å². The standard InChI is InChI=1S/C17H27N3O3/c1-13(2)16(20-8-10-23-11-9-20)12-18-17(21)19-14-4-6-15(22-3)7-5-14/h4-7,13,16H,8-12H2,1-3H3,(H2,18,19,21)/t16-/m1/s1. The summed E-state index contributed by atoms with van der Waals surface area (Å²) in [6, 6.07) is 7.41. The van der Waals surface area contributed by atoms with Crippen LogP contribution in [0.4, 0.5) is 10.5 Å². The van der Waals surface area contributed by atoms with Crippen molar-refractivity contribution in [2.45, 2.75) is 19.9 Å². The lowest BCUT2D eigenvalue weighted by atomic mass is 10.0. The van der Waals surface area contributed by atoms with Gasteiger partial charge in [0.2, 0.25) is 0 Å². The van der Waals surface area contributed by atoms with E-state index in [-0.39, 0.29) is 6.03 Å². The van der Waals surface area contributed by atoms with Gasteiger partial charge in [-0.2, -0.15) is 0 Å². The van der Waals surface area contributed by atoms with Crippen LogP contribution in [-0.2, 0) is 4.74 Å². The molecule has 0 aliphatic carbocycles. The number of nitrogens with one attached hydrogen (secondary N) is 2. The maximum Gasteiger partial charge on any atom is 0.319 e. The van der Waals surface area contributed by atoms with Crippen LogP contribution in [0.3, 0.4) is 0 Å². The lowest BCUT2D eigenvalue weighted by Gasteiger charge is -2.36. The Hall–Kier alpha value is -1.79. The fraction of sp³-hybridized carbons (Fsp3) is 0.588. The average Bonchev–Trinajstić information content (AvgIpc) is 2.56. The summed E-state index contributed by atoms with van der Waals surface area (Å²) in [5, 5.41) is 5.82. The van der Waals surface area contributed by atoms with E-state index in [9.17, 15) is 4.79 Å². The number of benzene rings is 1. The normalized spacial score (nSPS) is 16.9. The molecule has 0 saturated carbocycles. The van der Waals surface area contributed by atoms with Crippen molar-refractivity contribution in [3.8, 4) is 5.75 Å².